The predicted molar refractivity (Wildman–Crippen MR) is 76.6 cm³/mol. The van der Waals surface area contributed by atoms with E-state index in [9.17, 15) is 0 Å². The van der Waals surface area contributed by atoms with E-state index < -0.39 is 0 Å². The molecule has 106 valence electrons. The van der Waals surface area contributed by atoms with E-state index in [1.165, 1.54) is 35.9 Å². The molecule has 0 amide bonds. The Morgan fingerprint density at radius 1 is 1.22 bits per heavy atom. The third-order valence-electron chi connectivity index (χ3n) is 4.12. The van der Waals surface area contributed by atoms with Crippen LogP contribution in [0.25, 0.3) is 0 Å². The molecule has 0 saturated heterocycles. The summed E-state index contributed by atoms with van der Waals surface area (Å²) >= 11 is 9.27. The van der Waals surface area contributed by atoms with Crippen molar-refractivity contribution in [2.45, 2.75) is 37.6 Å². The molecule has 0 unspecified atom stereocenters. The van der Waals surface area contributed by atoms with Crippen molar-refractivity contribution in [1.29, 1.82) is 0 Å². The fourth-order valence-electron chi connectivity index (χ4n) is 2.96. The number of halogens is 2. The van der Waals surface area contributed by atoms with Gasteiger partial charge in [-0.25, -0.2) is 0 Å². The average molecular weight is 560 g/mol. The van der Waals surface area contributed by atoms with Gasteiger partial charge >= 0.3 is 58.8 Å². The number of nitrogens with zero attached hydrogens (tertiary/aromatic N) is 3. The summed E-state index contributed by atoms with van der Waals surface area (Å²) < 4.78 is 7.47. The first kappa shape index (κ1) is 15.2. The molecule has 0 aromatic carbocycles. The van der Waals surface area contributed by atoms with Crippen molar-refractivity contribution in [3.63, 3.8) is 0 Å². The summed E-state index contributed by atoms with van der Waals surface area (Å²) in [7, 11) is 4.06. The van der Waals surface area contributed by atoms with Crippen molar-refractivity contribution in [2.24, 2.45) is 20.0 Å². The summed E-state index contributed by atoms with van der Waals surface area (Å²) in [5.74, 6) is 1.03. The number of hydrogen-bond donors (Lipinski definition) is 0. The molecule has 18 heavy (non-hydrogen) atoms. The van der Waals surface area contributed by atoms with E-state index in [-0.39, 0.29) is 0 Å². The average Bonchev–Trinajstić information content (AvgIpc) is 3.03. The minimum absolute atomic E-state index is 0.477. The third kappa shape index (κ3) is 3.10. The van der Waals surface area contributed by atoms with Gasteiger partial charge < -0.3 is 0 Å². The number of aryl methyl sites for hydroxylation is 2. The second kappa shape index (κ2) is 6.07. The van der Waals surface area contributed by atoms with Gasteiger partial charge in [0.15, 0.2) is 0 Å². The van der Waals surface area contributed by atoms with Crippen molar-refractivity contribution >= 4 is 32.3 Å². The molecule has 0 N–H and O–H groups in total. The third-order valence-corrected chi connectivity index (χ3v) is 7.22. The van der Waals surface area contributed by atoms with Crippen molar-refractivity contribution in [3.8, 4) is 0 Å². The van der Waals surface area contributed by atoms with Gasteiger partial charge in [-0.05, 0) is 38.0 Å². The predicted octanol–water partition coefficient (Wildman–Crippen LogP) is 3.68. The van der Waals surface area contributed by atoms with Crippen molar-refractivity contribution in [3.05, 3.63) is 16.2 Å². The summed E-state index contributed by atoms with van der Waals surface area (Å²) in [6.07, 6.45) is 11.1. The Labute approximate surface area is 137 Å². The molecule has 6 heteroatoms. The van der Waals surface area contributed by atoms with E-state index in [0.717, 1.165) is 5.92 Å². The molecule has 2 aliphatic rings. The second-order valence-corrected chi connectivity index (χ2v) is 8.75. The first-order chi connectivity index (χ1) is 8.44. The number of imidazole rings is 1. The Bertz CT molecular complexity index is 436. The zero-order valence-corrected chi connectivity index (χ0v) is 16.1. The summed E-state index contributed by atoms with van der Waals surface area (Å²) in [6, 6.07) is 0. The fourth-order valence-corrected chi connectivity index (χ4v) is 4.30. The van der Waals surface area contributed by atoms with Gasteiger partial charge in [0.2, 0.25) is 0 Å². The van der Waals surface area contributed by atoms with Gasteiger partial charge in [0.1, 0.15) is 0 Å². The number of aromatic nitrogens is 2. The van der Waals surface area contributed by atoms with E-state index in [2.05, 4.69) is 63.7 Å². The van der Waals surface area contributed by atoms with Gasteiger partial charge in [-0.15, -0.1) is 0 Å². The van der Waals surface area contributed by atoms with Crippen LogP contribution in [0, 0.1) is 9.72 Å². The molecule has 1 aromatic heterocycles. The molecule has 2 saturated carbocycles. The fraction of sp³-hybridized carbons (Fsp3) is 0.750. The number of fused-ring (bicyclic) bond motifs is 2. The van der Waals surface area contributed by atoms with Crippen molar-refractivity contribution in [1.82, 2.24) is 12.1 Å². The number of hydrogen-bond acceptors (Lipinski definition) is 1. The van der Waals surface area contributed by atoms with Crippen LogP contribution in [0.1, 0.15) is 32.1 Å². The molecule has 1 aromatic rings. The topological polar surface area (TPSA) is 13.1 Å². The first-order valence-electron chi connectivity index (χ1n) is 6.20. The summed E-state index contributed by atoms with van der Waals surface area (Å²) in [5.41, 5.74) is 0.477. The standard InChI is InChI=1S/C7H11Br2N.C5H8N2.Pt/c8-10(9)7-3-1-6(5-7)2-4-7;1-6-3-4-7(2)5-6;/h6H,1-5H2;3-4H,1-2H3;. The molecule has 2 fully saturated rings. The molecule has 0 spiro atoms. The van der Waals surface area contributed by atoms with Gasteiger partial charge in [-0.3, -0.25) is 0 Å². The van der Waals surface area contributed by atoms with Gasteiger partial charge in [0.25, 0.3) is 0 Å². The zero-order chi connectivity index (χ0) is 13.3. The van der Waals surface area contributed by atoms with Crippen LogP contribution in [-0.2, 0) is 33.4 Å². The molecule has 3 rings (SSSR count). The van der Waals surface area contributed by atoms with Crippen LogP contribution in [-0.4, -0.2) is 17.6 Å². The van der Waals surface area contributed by atoms with Crippen LogP contribution >= 0.6 is 32.3 Å². The van der Waals surface area contributed by atoms with Crippen LogP contribution in [0.3, 0.4) is 0 Å². The van der Waals surface area contributed by atoms with Crippen molar-refractivity contribution in [2.75, 3.05) is 0 Å². The van der Waals surface area contributed by atoms with E-state index in [1.807, 2.05) is 26.5 Å². The van der Waals surface area contributed by atoms with E-state index in [4.69, 9.17) is 0 Å². The molecule has 1 heterocycles. The Balaban J connectivity index is 0.000000138. The van der Waals surface area contributed by atoms with E-state index >= 15 is 0 Å². The molecule has 3 nitrogen and oxygen atoms in total. The molecule has 0 atom stereocenters. The normalized spacial score (nSPS) is 29.6. The quantitative estimate of drug-likeness (QED) is 0.479. The molecule has 2 bridgehead atoms. The van der Waals surface area contributed by atoms with Crippen LogP contribution in [0.5, 0.6) is 0 Å². The zero-order valence-electron chi connectivity index (χ0n) is 10.7. The maximum absolute atomic E-state index is 3.50. The SMILES string of the molecule is BrN(Br)C12CCC(CC1)C2.Cn1ccn(C)[c]1=[Pt]. The molecule has 2 aliphatic carbocycles. The molecule has 0 aliphatic heterocycles. The Morgan fingerprint density at radius 2 is 1.72 bits per heavy atom. The first-order valence-corrected chi connectivity index (χ1v) is 8.75. The summed E-state index contributed by atoms with van der Waals surface area (Å²) in [6.45, 7) is 0. The Morgan fingerprint density at radius 3 is 1.89 bits per heavy atom. The number of rotatable bonds is 1. The Hall–Kier alpha value is 0.818. The molecular formula is C12H19Br2N3Pt. The van der Waals surface area contributed by atoms with E-state index in [0.29, 0.717) is 5.54 Å². The second-order valence-electron chi connectivity index (χ2n) is 5.37. The molecule has 0 radical (unpaired) electrons. The monoisotopic (exact) mass is 558 g/mol. The summed E-state index contributed by atoms with van der Waals surface area (Å²) in [4.78, 5) is 0. The maximum atomic E-state index is 3.50. The van der Waals surface area contributed by atoms with Crippen LogP contribution in [0.15, 0.2) is 12.4 Å². The van der Waals surface area contributed by atoms with Gasteiger partial charge in [0, 0.05) is 37.8 Å². The minimum atomic E-state index is 0.477. The van der Waals surface area contributed by atoms with Crippen LogP contribution in [0.2, 0.25) is 0 Å². The molecular weight excluding hydrogens is 541 g/mol. The Kier molecular flexibility index (Phi) is 5.13. The van der Waals surface area contributed by atoms with E-state index in [1.54, 1.807) is 0 Å². The van der Waals surface area contributed by atoms with Crippen molar-refractivity contribution < 1.29 is 19.4 Å². The van der Waals surface area contributed by atoms with Gasteiger partial charge in [-0.1, -0.05) is 0 Å². The van der Waals surface area contributed by atoms with Gasteiger partial charge in [0.05, 0.1) is 0 Å². The summed E-state index contributed by atoms with van der Waals surface area (Å²) in [5, 5.41) is 0. The van der Waals surface area contributed by atoms with Gasteiger partial charge in [-0.2, -0.15) is 2.95 Å². The van der Waals surface area contributed by atoms with Crippen LogP contribution < -0.4 is 0 Å². The van der Waals surface area contributed by atoms with Crippen LogP contribution in [0.4, 0.5) is 0 Å².